The number of carbonyl (C=O) groups excluding carboxylic acids is 1. The highest BCUT2D eigenvalue weighted by Crippen LogP contribution is 2.24. The molecule has 3 rings (SSSR count). The molecule has 1 amide bonds. The number of nitrogens with zero attached hydrogens (tertiary/aromatic N) is 1. The van der Waals surface area contributed by atoms with Crippen LogP contribution in [-0.2, 0) is 11.2 Å². The third-order valence-corrected chi connectivity index (χ3v) is 5.34. The van der Waals surface area contributed by atoms with E-state index in [2.05, 4.69) is 48.4 Å². The first-order valence-electron chi connectivity index (χ1n) is 8.99. The van der Waals surface area contributed by atoms with Gasteiger partial charge in [0.2, 0.25) is 0 Å². The maximum Gasteiger partial charge on any atom is 0.257 e. The zero-order chi connectivity index (χ0) is 19.2. The van der Waals surface area contributed by atoms with Gasteiger partial charge in [0.1, 0.15) is 10.8 Å². The van der Waals surface area contributed by atoms with Crippen LogP contribution in [0.25, 0.3) is 10.6 Å². The van der Waals surface area contributed by atoms with Gasteiger partial charge in [-0.05, 0) is 44.0 Å². The predicted molar refractivity (Wildman–Crippen MR) is 110 cm³/mol. The van der Waals surface area contributed by atoms with Crippen LogP contribution in [0.1, 0.15) is 22.4 Å². The zero-order valence-electron chi connectivity index (χ0n) is 15.9. The standard InChI is InChI=1S/C22H24N2O2S/c1-15-4-7-18(8-5-15)22-24-19(14-27-22)10-11-23-21(25)13-26-20-9-6-16(2)17(3)12-20/h4-9,12,14H,10-11,13H2,1-3H3,(H,23,25). The highest BCUT2D eigenvalue weighted by atomic mass is 32.1. The number of amides is 1. The lowest BCUT2D eigenvalue weighted by molar-refractivity contribution is -0.123. The summed E-state index contributed by atoms with van der Waals surface area (Å²) in [7, 11) is 0. The van der Waals surface area contributed by atoms with E-state index in [4.69, 9.17) is 4.74 Å². The third kappa shape index (κ3) is 5.41. The van der Waals surface area contributed by atoms with Crippen LogP contribution in [0.3, 0.4) is 0 Å². The number of hydrogen-bond acceptors (Lipinski definition) is 4. The summed E-state index contributed by atoms with van der Waals surface area (Å²) in [6.45, 7) is 6.72. The minimum absolute atomic E-state index is 0.0220. The Morgan fingerprint density at radius 3 is 2.59 bits per heavy atom. The van der Waals surface area contributed by atoms with Crippen molar-refractivity contribution in [3.8, 4) is 16.3 Å². The predicted octanol–water partition coefficient (Wildman–Crippen LogP) is 4.47. The van der Waals surface area contributed by atoms with Crippen molar-refractivity contribution in [3.63, 3.8) is 0 Å². The van der Waals surface area contributed by atoms with E-state index < -0.39 is 0 Å². The molecule has 3 aromatic rings. The van der Waals surface area contributed by atoms with Crippen LogP contribution in [0.15, 0.2) is 47.8 Å². The number of nitrogens with one attached hydrogen (secondary N) is 1. The highest BCUT2D eigenvalue weighted by molar-refractivity contribution is 7.13. The van der Waals surface area contributed by atoms with Gasteiger partial charge < -0.3 is 10.1 Å². The van der Waals surface area contributed by atoms with Crippen LogP contribution < -0.4 is 10.1 Å². The lowest BCUT2D eigenvalue weighted by atomic mass is 10.1. The molecule has 27 heavy (non-hydrogen) atoms. The van der Waals surface area contributed by atoms with Gasteiger partial charge >= 0.3 is 0 Å². The van der Waals surface area contributed by atoms with Crippen LogP contribution in [0.4, 0.5) is 0 Å². The number of rotatable bonds is 7. The van der Waals surface area contributed by atoms with Crippen LogP contribution >= 0.6 is 11.3 Å². The molecular formula is C22H24N2O2S. The fourth-order valence-corrected chi connectivity index (χ4v) is 3.44. The summed E-state index contributed by atoms with van der Waals surface area (Å²) >= 11 is 1.63. The molecule has 4 nitrogen and oxygen atoms in total. The van der Waals surface area contributed by atoms with Gasteiger partial charge in [-0.3, -0.25) is 4.79 Å². The highest BCUT2D eigenvalue weighted by Gasteiger charge is 2.07. The minimum atomic E-state index is -0.123. The quantitative estimate of drug-likeness (QED) is 0.658. The first kappa shape index (κ1) is 19.1. The Balaban J connectivity index is 1.43. The molecule has 0 atom stereocenters. The molecule has 0 saturated carbocycles. The monoisotopic (exact) mass is 380 g/mol. The second-order valence-corrected chi connectivity index (χ2v) is 7.50. The molecule has 0 fully saturated rings. The molecule has 2 aromatic carbocycles. The Morgan fingerprint density at radius 2 is 1.85 bits per heavy atom. The molecule has 5 heteroatoms. The topological polar surface area (TPSA) is 51.2 Å². The van der Waals surface area contributed by atoms with Crippen LogP contribution in [0, 0.1) is 20.8 Å². The summed E-state index contributed by atoms with van der Waals surface area (Å²) < 4.78 is 5.55. The smallest absolute Gasteiger partial charge is 0.257 e. The van der Waals surface area contributed by atoms with E-state index in [1.54, 1.807) is 11.3 Å². The summed E-state index contributed by atoms with van der Waals surface area (Å²) in [5.74, 6) is 0.595. The average Bonchev–Trinajstić information content (AvgIpc) is 3.12. The normalized spacial score (nSPS) is 10.6. The maximum absolute atomic E-state index is 12.0. The lowest BCUT2D eigenvalue weighted by Crippen LogP contribution is -2.30. The number of ether oxygens (including phenoxy) is 1. The minimum Gasteiger partial charge on any atom is -0.484 e. The Kier molecular flexibility index (Phi) is 6.24. The molecule has 0 unspecified atom stereocenters. The van der Waals surface area contributed by atoms with Gasteiger partial charge in [0.05, 0.1) is 5.69 Å². The molecule has 0 aliphatic rings. The van der Waals surface area contributed by atoms with Crippen molar-refractivity contribution in [2.45, 2.75) is 27.2 Å². The van der Waals surface area contributed by atoms with Gasteiger partial charge in [0.15, 0.2) is 6.61 Å². The number of carbonyl (C=O) groups is 1. The van der Waals surface area contributed by atoms with Gasteiger partial charge in [0.25, 0.3) is 5.91 Å². The number of aryl methyl sites for hydroxylation is 3. The van der Waals surface area contributed by atoms with Crippen molar-refractivity contribution >= 4 is 17.2 Å². The summed E-state index contributed by atoms with van der Waals surface area (Å²) in [6.07, 6.45) is 0.706. The van der Waals surface area contributed by atoms with Gasteiger partial charge in [-0.15, -0.1) is 11.3 Å². The molecule has 1 aromatic heterocycles. The summed E-state index contributed by atoms with van der Waals surface area (Å²) in [5.41, 5.74) is 5.72. The van der Waals surface area contributed by atoms with E-state index in [-0.39, 0.29) is 12.5 Å². The Hall–Kier alpha value is -2.66. The van der Waals surface area contributed by atoms with E-state index in [1.807, 2.05) is 30.5 Å². The Morgan fingerprint density at radius 1 is 1.07 bits per heavy atom. The number of hydrogen-bond donors (Lipinski definition) is 1. The van der Waals surface area contributed by atoms with Crippen molar-refractivity contribution < 1.29 is 9.53 Å². The van der Waals surface area contributed by atoms with E-state index in [0.717, 1.165) is 27.6 Å². The van der Waals surface area contributed by atoms with E-state index in [0.29, 0.717) is 13.0 Å². The molecule has 0 spiro atoms. The molecule has 0 bridgehead atoms. The van der Waals surface area contributed by atoms with E-state index in [1.165, 1.54) is 11.1 Å². The molecule has 0 aliphatic carbocycles. The van der Waals surface area contributed by atoms with Gasteiger partial charge in [-0.2, -0.15) is 0 Å². The molecule has 0 saturated heterocycles. The largest absolute Gasteiger partial charge is 0.484 e. The SMILES string of the molecule is Cc1ccc(-c2nc(CCNC(=O)COc3ccc(C)c(C)c3)cs2)cc1. The van der Waals surface area contributed by atoms with E-state index >= 15 is 0 Å². The van der Waals surface area contributed by atoms with Crippen molar-refractivity contribution in [2.75, 3.05) is 13.2 Å². The Labute approximate surface area is 164 Å². The number of benzene rings is 2. The van der Waals surface area contributed by atoms with Crippen molar-refractivity contribution in [1.82, 2.24) is 10.3 Å². The van der Waals surface area contributed by atoms with Crippen LogP contribution in [-0.4, -0.2) is 24.0 Å². The van der Waals surface area contributed by atoms with Crippen LogP contribution in [0.2, 0.25) is 0 Å². The Bertz CT molecular complexity index is 916. The second kappa shape index (κ2) is 8.82. The molecular weight excluding hydrogens is 356 g/mol. The molecule has 1 heterocycles. The molecule has 0 aliphatic heterocycles. The molecule has 0 radical (unpaired) electrons. The zero-order valence-corrected chi connectivity index (χ0v) is 16.7. The first-order valence-corrected chi connectivity index (χ1v) is 9.87. The first-order chi connectivity index (χ1) is 13.0. The van der Waals surface area contributed by atoms with Crippen molar-refractivity contribution in [2.24, 2.45) is 0 Å². The summed E-state index contributed by atoms with van der Waals surface area (Å²) in [4.78, 5) is 16.6. The van der Waals surface area contributed by atoms with E-state index in [9.17, 15) is 4.79 Å². The number of aromatic nitrogens is 1. The second-order valence-electron chi connectivity index (χ2n) is 6.64. The molecule has 1 N–H and O–H groups in total. The summed E-state index contributed by atoms with van der Waals surface area (Å²) in [5, 5.41) is 5.94. The maximum atomic E-state index is 12.0. The fourth-order valence-electron chi connectivity index (χ4n) is 2.58. The third-order valence-electron chi connectivity index (χ3n) is 4.40. The average molecular weight is 381 g/mol. The number of thiazole rings is 1. The van der Waals surface area contributed by atoms with Gasteiger partial charge in [0, 0.05) is 23.9 Å². The molecule has 140 valence electrons. The van der Waals surface area contributed by atoms with Crippen molar-refractivity contribution in [1.29, 1.82) is 0 Å². The fraction of sp³-hybridized carbons (Fsp3) is 0.273. The van der Waals surface area contributed by atoms with Gasteiger partial charge in [-0.1, -0.05) is 35.9 Å². The van der Waals surface area contributed by atoms with Gasteiger partial charge in [-0.25, -0.2) is 4.98 Å². The summed E-state index contributed by atoms with van der Waals surface area (Å²) in [6, 6.07) is 14.2. The van der Waals surface area contributed by atoms with Crippen LogP contribution in [0.5, 0.6) is 5.75 Å². The van der Waals surface area contributed by atoms with Crippen molar-refractivity contribution in [3.05, 3.63) is 70.2 Å². The lowest BCUT2D eigenvalue weighted by Gasteiger charge is -2.08.